The Hall–Kier alpha value is -2.66. The number of nitrogens with zero attached hydrogens (tertiary/aromatic N) is 1. The van der Waals surface area contributed by atoms with Crippen molar-refractivity contribution < 1.29 is 0 Å². The molecule has 4 aromatic rings. The minimum Gasteiger partial charge on any atom is -0.351 e. The van der Waals surface area contributed by atoms with E-state index in [-0.39, 0.29) is 0 Å². The standard InChI is InChI=1S/C17H14N4S/c1-10-7-8-13-12(9-10)14(11-5-3-2-4-6-11)15(18-13)16-19-17(22)21-20-16/h2-9,18H,1H3,(H2,19,20,21,22). The van der Waals surface area contributed by atoms with Gasteiger partial charge in [0.1, 0.15) is 0 Å². The van der Waals surface area contributed by atoms with Gasteiger partial charge in [-0.15, -0.1) is 0 Å². The van der Waals surface area contributed by atoms with Crippen LogP contribution in [0.25, 0.3) is 33.5 Å². The van der Waals surface area contributed by atoms with Crippen LogP contribution in [0.15, 0.2) is 48.5 Å². The number of H-pyrrole nitrogens is 3. The molecule has 0 aliphatic carbocycles. The zero-order valence-electron chi connectivity index (χ0n) is 12.0. The van der Waals surface area contributed by atoms with E-state index in [1.165, 1.54) is 10.9 Å². The van der Waals surface area contributed by atoms with Gasteiger partial charge >= 0.3 is 0 Å². The highest BCUT2D eigenvalue weighted by molar-refractivity contribution is 7.71. The lowest BCUT2D eigenvalue weighted by atomic mass is 10.0. The van der Waals surface area contributed by atoms with Crippen molar-refractivity contribution in [3.63, 3.8) is 0 Å². The maximum absolute atomic E-state index is 5.08. The largest absolute Gasteiger partial charge is 0.351 e. The Balaban J connectivity index is 2.10. The predicted molar refractivity (Wildman–Crippen MR) is 91.2 cm³/mol. The third-order valence-corrected chi connectivity index (χ3v) is 3.95. The molecule has 108 valence electrons. The van der Waals surface area contributed by atoms with Crippen LogP contribution in [0.2, 0.25) is 0 Å². The van der Waals surface area contributed by atoms with Crippen molar-refractivity contribution in [2.45, 2.75) is 6.92 Å². The molecule has 0 aliphatic rings. The van der Waals surface area contributed by atoms with Crippen molar-refractivity contribution in [1.29, 1.82) is 0 Å². The quantitative estimate of drug-likeness (QED) is 0.474. The minimum atomic E-state index is 0.448. The summed E-state index contributed by atoms with van der Waals surface area (Å²) >= 11 is 5.08. The summed E-state index contributed by atoms with van der Waals surface area (Å²) in [6, 6.07) is 16.7. The highest BCUT2D eigenvalue weighted by Gasteiger charge is 2.16. The average Bonchev–Trinajstić information content (AvgIpc) is 3.11. The van der Waals surface area contributed by atoms with Gasteiger partial charge in [-0.2, -0.15) is 4.98 Å². The van der Waals surface area contributed by atoms with Crippen LogP contribution >= 0.6 is 12.2 Å². The molecule has 2 heterocycles. The molecule has 0 aliphatic heterocycles. The van der Waals surface area contributed by atoms with Crippen LogP contribution in [0.1, 0.15) is 5.56 Å². The topological polar surface area (TPSA) is 60.3 Å². The van der Waals surface area contributed by atoms with Crippen LogP contribution in [0.3, 0.4) is 0 Å². The summed E-state index contributed by atoms with van der Waals surface area (Å²) in [5.41, 5.74) is 5.54. The third-order valence-electron chi connectivity index (χ3n) is 3.75. The van der Waals surface area contributed by atoms with Gasteiger partial charge in [-0.05, 0) is 36.8 Å². The van der Waals surface area contributed by atoms with Crippen molar-refractivity contribution in [2.75, 3.05) is 0 Å². The van der Waals surface area contributed by atoms with Crippen molar-refractivity contribution in [1.82, 2.24) is 20.2 Å². The SMILES string of the molecule is Cc1ccc2[nH]c(-c3nc(=S)[nH][nH]3)c(-c3ccccc3)c2c1. The molecule has 0 saturated carbocycles. The molecule has 0 saturated heterocycles. The molecule has 2 aromatic carbocycles. The van der Waals surface area contributed by atoms with Crippen LogP contribution < -0.4 is 0 Å². The molecule has 22 heavy (non-hydrogen) atoms. The molecule has 4 rings (SSSR count). The van der Waals surface area contributed by atoms with E-state index in [9.17, 15) is 0 Å². The highest BCUT2D eigenvalue weighted by atomic mass is 32.1. The highest BCUT2D eigenvalue weighted by Crippen LogP contribution is 2.37. The van der Waals surface area contributed by atoms with Gasteiger partial charge < -0.3 is 4.98 Å². The Labute approximate surface area is 132 Å². The lowest BCUT2D eigenvalue weighted by Gasteiger charge is -2.03. The lowest BCUT2D eigenvalue weighted by Crippen LogP contribution is -1.85. The van der Waals surface area contributed by atoms with E-state index in [0.717, 1.165) is 28.2 Å². The van der Waals surface area contributed by atoms with Gasteiger partial charge in [-0.25, -0.2) is 0 Å². The third kappa shape index (κ3) is 2.07. The normalized spacial score (nSPS) is 11.1. The number of aromatic nitrogens is 4. The molecule has 5 heteroatoms. The van der Waals surface area contributed by atoms with Crippen molar-refractivity contribution in [3.8, 4) is 22.6 Å². The summed E-state index contributed by atoms with van der Waals surface area (Å²) in [5.74, 6) is 0.720. The Morgan fingerprint density at radius 3 is 2.55 bits per heavy atom. The first-order valence-electron chi connectivity index (χ1n) is 7.05. The fourth-order valence-electron chi connectivity index (χ4n) is 2.78. The number of aromatic amines is 3. The molecular formula is C17H14N4S. The maximum Gasteiger partial charge on any atom is 0.213 e. The molecule has 0 atom stereocenters. The second-order valence-corrected chi connectivity index (χ2v) is 5.69. The molecule has 0 spiro atoms. The molecule has 4 nitrogen and oxygen atoms in total. The molecule has 0 amide bonds. The Morgan fingerprint density at radius 2 is 1.82 bits per heavy atom. The van der Waals surface area contributed by atoms with Crippen LogP contribution in [0.4, 0.5) is 0 Å². The van der Waals surface area contributed by atoms with E-state index < -0.39 is 0 Å². The number of nitrogens with one attached hydrogen (secondary N) is 3. The smallest absolute Gasteiger partial charge is 0.213 e. The van der Waals surface area contributed by atoms with Gasteiger partial charge in [-0.3, -0.25) is 10.2 Å². The van der Waals surface area contributed by atoms with Crippen LogP contribution in [0, 0.1) is 11.7 Å². The van der Waals surface area contributed by atoms with Crippen molar-refractivity contribution in [3.05, 3.63) is 58.9 Å². The van der Waals surface area contributed by atoms with Crippen LogP contribution in [-0.2, 0) is 0 Å². The average molecular weight is 306 g/mol. The molecule has 0 fully saturated rings. The summed E-state index contributed by atoms with van der Waals surface area (Å²) in [4.78, 5) is 7.82. The predicted octanol–water partition coefficient (Wildman–Crippen LogP) is 4.59. The van der Waals surface area contributed by atoms with E-state index in [2.05, 4.69) is 57.4 Å². The first-order valence-corrected chi connectivity index (χ1v) is 7.46. The monoisotopic (exact) mass is 306 g/mol. The molecule has 0 unspecified atom stereocenters. The molecule has 0 radical (unpaired) electrons. The van der Waals surface area contributed by atoms with Crippen molar-refractivity contribution >= 4 is 23.1 Å². The molecule has 3 N–H and O–H groups in total. The van der Waals surface area contributed by atoms with E-state index in [0.29, 0.717) is 4.77 Å². The van der Waals surface area contributed by atoms with E-state index in [1.54, 1.807) is 0 Å². The minimum absolute atomic E-state index is 0.448. The maximum atomic E-state index is 5.08. The fourth-order valence-corrected chi connectivity index (χ4v) is 2.92. The number of hydrogen-bond acceptors (Lipinski definition) is 2. The van der Waals surface area contributed by atoms with Gasteiger partial charge in [0.05, 0.1) is 5.69 Å². The number of fused-ring (bicyclic) bond motifs is 1. The molecule has 0 bridgehead atoms. The van der Waals surface area contributed by atoms with Gasteiger partial charge in [0, 0.05) is 16.5 Å². The van der Waals surface area contributed by atoms with Crippen LogP contribution in [0.5, 0.6) is 0 Å². The number of rotatable bonds is 2. The number of hydrogen-bond donors (Lipinski definition) is 3. The zero-order valence-corrected chi connectivity index (χ0v) is 12.8. The van der Waals surface area contributed by atoms with Crippen molar-refractivity contribution in [2.24, 2.45) is 0 Å². The molecule has 2 aromatic heterocycles. The second-order valence-electron chi connectivity index (χ2n) is 5.31. The first-order chi connectivity index (χ1) is 10.7. The second kappa shape index (κ2) is 4.96. The van der Waals surface area contributed by atoms with E-state index in [4.69, 9.17) is 12.2 Å². The number of benzene rings is 2. The lowest BCUT2D eigenvalue weighted by molar-refractivity contribution is 1.08. The summed E-state index contributed by atoms with van der Waals surface area (Å²) in [7, 11) is 0. The van der Waals surface area contributed by atoms with Gasteiger partial charge in [0.2, 0.25) is 4.77 Å². The summed E-state index contributed by atoms with van der Waals surface area (Å²) in [6.07, 6.45) is 0. The van der Waals surface area contributed by atoms with Gasteiger partial charge in [0.25, 0.3) is 0 Å². The zero-order chi connectivity index (χ0) is 15.1. The first kappa shape index (κ1) is 13.0. The summed E-state index contributed by atoms with van der Waals surface area (Å²) < 4.78 is 0.448. The summed E-state index contributed by atoms with van der Waals surface area (Å²) in [5, 5.41) is 7.08. The fraction of sp³-hybridized carbons (Fsp3) is 0.0588. The molecular weight excluding hydrogens is 292 g/mol. The van der Waals surface area contributed by atoms with Gasteiger partial charge in [0.15, 0.2) is 5.82 Å². The van der Waals surface area contributed by atoms with E-state index >= 15 is 0 Å². The van der Waals surface area contributed by atoms with E-state index in [1.807, 2.05) is 18.2 Å². The summed E-state index contributed by atoms with van der Waals surface area (Å²) in [6.45, 7) is 2.10. The number of aryl methyl sites for hydroxylation is 1. The van der Waals surface area contributed by atoms with Crippen LogP contribution in [-0.4, -0.2) is 20.2 Å². The van der Waals surface area contributed by atoms with Gasteiger partial charge in [-0.1, -0.05) is 42.0 Å². The Kier molecular flexibility index (Phi) is 2.94. The Bertz CT molecular complexity index is 1010. The Morgan fingerprint density at radius 1 is 1.00 bits per heavy atom.